The van der Waals surface area contributed by atoms with E-state index in [0.29, 0.717) is 0 Å². The van der Waals surface area contributed by atoms with Gasteiger partial charge in [-0.25, -0.2) is 9.97 Å². The van der Waals surface area contributed by atoms with E-state index in [2.05, 4.69) is 30.1 Å². The van der Waals surface area contributed by atoms with Crippen LogP contribution in [-0.4, -0.2) is 58.0 Å². The standard InChI is InChI=1S/C20H22N6O/c1-15(25-11-13-26(14-12-25)20-22-9-4-10-23-20)19(27)24-18-7-2-6-17-16(18)5-3-8-21-17/h2-10,15H,11-14H2,1H3,(H,24,27)/t15-/m1/s1. The van der Waals surface area contributed by atoms with Gasteiger partial charge in [0.25, 0.3) is 0 Å². The lowest BCUT2D eigenvalue weighted by atomic mass is 10.1. The van der Waals surface area contributed by atoms with Crippen LogP contribution in [0.2, 0.25) is 0 Å². The molecule has 1 amide bonds. The number of rotatable bonds is 4. The van der Waals surface area contributed by atoms with Gasteiger partial charge >= 0.3 is 0 Å². The molecule has 2 aromatic heterocycles. The normalized spacial score (nSPS) is 16.3. The van der Waals surface area contributed by atoms with Crippen LogP contribution in [0.5, 0.6) is 0 Å². The minimum absolute atomic E-state index is 0.00392. The van der Waals surface area contributed by atoms with Crippen molar-refractivity contribution in [2.24, 2.45) is 0 Å². The average Bonchev–Trinajstić information content (AvgIpc) is 2.74. The maximum Gasteiger partial charge on any atom is 0.241 e. The number of hydrogen-bond donors (Lipinski definition) is 1. The van der Waals surface area contributed by atoms with E-state index in [4.69, 9.17) is 0 Å². The van der Waals surface area contributed by atoms with Crippen molar-refractivity contribution in [1.82, 2.24) is 19.9 Å². The van der Waals surface area contributed by atoms with Crippen molar-refractivity contribution in [3.05, 3.63) is 55.0 Å². The van der Waals surface area contributed by atoms with Crippen molar-refractivity contribution < 1.29 is 4.79 Å². The zero-order valence-corrected chi connectivity index (χ0v) is 15.2. The monoisotopic (exact) mass is 362 g/mol. The molecule has 1 aliphatic heterocycles. The molecule has 1 atom stereocenters. The Morgan fingerprint density at radius 3 is 2.48 bits per heavy atom. The number of piperazine rings is 1. The molecule has 27 heavy (non-hydrogen) atoms. The van der Waals surface area contributed by atoms with Crippen molar-refractivity contribution in [1.29, 1.82) is 0 Å². The van der Waals surface area contributed by atoms with E-state index in [-0.39, 0.29) is 11.9 Å². The highest BCUT2D eigenvalue weighted by atomic mass is 16.2. The lowest BCUT2D eigenvalue weighted by molar-refractivity contribution is -0.120. The highest BCUT2D eigenvalue weighted by Crippen LogP contribution is 2.22. The van der Waals surface area contributed by atoms with Gasteiger partial charge in [-0.15, -0.1) is 0 Å². The molecular weight excluding hydrogens is 340 g/mol. The molecule has 4 rings (SSSR count). The van der Waals surface area contributed by atoms with E-state index in [9.17, 15) is 4.79 Å². The Hall–Kier alpha value is -3.06. The number of benzene rings is 1. The predicted molar refractivity (Wildman–Crippen MR) is 106 cm³/mol. The second-order valence-corrected chi connectivity index (χ2v) is 6.61. The zero-order chi connectivity index (χ0) is 18.6. The first-order valence-corrected chi connectivity index (χ1v) is 9.13. The van der Waals surface area contributed by atoms with Gasteiger partial charge in [0.05, 0.1) is 17.2 Å². The Labute approximate surface area is 158 Å². The van der Waals surface area contributed by atoms with Crippen LogP contribution in [0.15, 0.2) is 55.0 Å². The topological polar surface area (TPSA) is 74.2 Å². The van der Waals surface area contributed by atoms with Gasteiger partial charge in [0.15, 0.2) is 0 Å². The van der Waals surface area contributed by atoms with Crippen LogP contribution < -0.4 is 10.2 Å². The first-order chi connectivity index (χ1) is 13.2. The molecule has 3 heterocycles. The van der Waals surface area contributed by atoms with Gasteiger partial charge in [-0.1, -0.05) is 6.07 Å². The number of anilines is 2. The van der Waals surface area contributed by atoms with Crippen molar-refractivity contribution in [3.8, 4) is 0 Å². The van der Waals surface area contributed by atoms with Crippen molar-refractivity contribution >= 4 is 28.4 Å². The fourth-order valence-corrected chi connectivity index (χ4v) is 3.38. The first kappa shape index (κ1) is 17.4. The van der Waals surface area contributed by atoms with Crippen LogP contribution >= 0.6 is 0 Å². The molecule has 1 aliphatic rings. The highest BCUT2D eigenvalue weighted by molar-refractivity contribution is 6.02. The van der Waals surface area contributed by atoms with E-state index in [1.165, 1.54) is 0 Å². The number of nitrogens with one attached hydrogen (secondary N) is 1. The summed E-state index contributed by atoms with van der Waals surface area (Å²) < 4.78 is 0. The molecule has 0 aliphatic carbocycles. The second-order valence-electron chi connectivity index (χ2n) is 6.61. The molecule has 1 N–H and O–H groups in total. The van der Waals surface area contributed by atoms with Gasteiger partial charge < -0.3 is 10.2 Å². The third kappa shape index (κ3) is 3.73. The summed E-state index contributed by atoms with van der Waals surface area (Å²) in [6, 6.07) is 11.2. The molecule has 3 aromatic rings. The van der Waals surface area contributed by atoms with Gasteiger partial charge in [0, 0.05) is 50.2 Å². The summed E-state index contributed by atoms with van der Waals surface area (Å²) in [5, 5.41) is 4.02. The van der Waals surface area contributed by atoms with E-state index in [1.54, 1.807) is 18.6 Å². The van der Waals surface area contributed by atoms with Gasteiger partial charge in [0.2, 0.25) is 11.9 Å². The summed E-state index contributed by atoms with van der Waals surface area (Å²) in [5.41, 5.74) is 1.67. The van der Waals surface area contributed by atoms with E-state index in [1.807, 2.05) is 43.3 Å². The summed E-state index contributed by atoms with van der Waals surface area (Å²) in [5.74, 6) is 0.744. The Morgan fingerprint density at radius 2 is 1.70 bits per heavy atom. The van der Waals surface area contributed by atoms with E-state index in [0.717, 1.165) is 48.7 Å². The van der Waals surface area contributed by atoms with Crippen molar-refractivity contribution in [2.75, 3.05) is 36.4 Å². The van der Waals surface area contributed by atoms with Crippen LogP contribution in [0.25, 0.3) is 10.9 Å². The van der Waals surface area contributed by atoms with Crippen LogP contribution in [0, 0.1) is 0 Å². The first-order valence-electron chi connectivity index (χ1n) is 9.13. The number of aromatic nitrogens is 3. The molecule has 0 bridgehead atoms. The largest absolute Gasteiger partial charge is 0.338 e. The number of fused-ring (bicyclic) bond motifs is 1. The minimum Gasteiger partial charge on any atom is -0.338 e. The smallest absolute Gasteiger partial charge is 0.241 e. The Balaban J connectivity index is 1.40. The van der Waals surface area contributed by atoms with Gasteiger partial charge in [0.1, 0.15) is 0 Å². The Kier molecular flexibility index (Phi) is 4.93. The number of nitrogens with zero attached hydrogens (tertiary/aromatic N) is 5. The number of carbonyl (C=O) groups is 1. The SMILES string of the molecule is C[C@H](C(=O)Nc1cccc2ncccc12)N1CCN(c2ncccn2)CC1. The fraction of sp³-hybridized carbons (Fsp3) is 0.300. The molecule has 0 radical (unpaired) electrons. The van der Waals surface area contributed by atoms with Gasteiger partial charge in [-0.05, 0) is 37.3 Å². The Morgan fingerprint density at radius 1 is 0.963 bits per heavy atom. The number of pyridine rings is 1. The quantitative estimate of drug-likeness (QED) is 0.767. The molecule has 0 saturated carbocycles. The van der Waals surface area contributed by atoms with E-state index < -0.39 is 0 Å². The van der Waals surface area contributed by atoms with Gasteiger partial charge in [-0.3, -0.25) is 14.7 Å². The minimum atomic E-state index is -0.212. The zero-order valence-electron chi connectivity index (χ0n) is 15.2. The average molecular weight is 362 g/mol. The molecular formula is C20H22N6O. The summed E-state index contributed by atoms with van der Waals surface area (Å²) in [4.78, 5) is 30.1. The molecule has 1 saturated heterocycles. The third-order valence-electron chi connectivity index (χ3n) is 4.98. The molecule has 138 valence electrons. The summed E-state index contributed by atoms with van der Waals surface area (Å²) in [6.45, 7) is 5.15. The van der Waals surface area contributed by atoms with E-state index >= 15 is 0 Å². The molecule has 7 heteroatoms. The summed E-state index contributed by atoms with van der Waals surface area (Å²) >= 11 is 0. The summed E-state index contributed by atoms with van der Waals surface area (Å²) in [7, 11) is 0. The Bertz CT molecular complexity index is 919. The third-order valence-corrected chi connectivity index (χ3v) is 4.98. The van der Waals surface area contributed by atoms with Gasteiger partial charge in [-0.2, -0.15) is 0 Å². The molecule has 7 nitrogen and oxygen atoms in total. The lowest BCUT2D eigenvalue weighted by Gasteiger charge is -2.37. The fourth-order valence-electron chi connectivity index (χ4n) is 3.38. The molecule has 1 aromatic carbocycles. The highest BCUT2D eigenvalue weighted by Gasteiger charge is 2.26. The maximum atomic E-state index is 12.8. The van der Waals surface area contributed by atoms with Crippen molar-refractivity contribution in [2.45, 2.75) is 13.0 Å². The second kappa shape index (κ2) is 7.67. The van der Waals surface area contributed by atoms with Crippen molar-refractivity contribution in [3.63, 3.8) is 0 Å². The number of amides is 1. The van der Waals surface area contributed by atoms with Crippen LogP contribution in [0.3, 0.4) is 0 Å². The van der Waals surface area contributed by atoms with Crippen LogP contribution in [0.1, 0.15) is 6.92 Å². The molecule has 1 fully saturated rings. The molecule has 0 spiro atoms. The predicted octanol–water partition coefficient (Wildman–Crippen LogP) is 2.17. The summed E-state index contributed by atoms with van der Waals surface area (Å²) in [6.07, 6.45) is 5.26. The number of hydrogen-bond acceptors (Lipinski definition) is 6. The molecule has 0 unspecified atom stereocenters. The van der Waals surface area contributed by atoms with Crippen LogP contribution in [-0.2, 0) is 4.79 Å². The maximum absolute atomic E-state index is 12.8. The van der Waals surface area contributed by atoms with Crippen LogP contribution in [0.4, 0.5) is 11.6 Å². The lowest BCUT2D eigenvalue weighted by Crippen LogP contribution is -2.53. The number of carbonyl (C=O) groups excluding carboxylic acids is 1.